The SMILES string of the molecule is O=C1Cc2cc(NC3COC3)c(Cl)cc2N1. The average Bonchev–Trinajstić information content (AvgIpc) is 2.50. The molecule has 0 aromatic heterocycles. The van der Waals surface area contributed by atoms with Crippen LogP contribution in [-0.4, -0.2) is 25.2 Å². The fourth-order valence-corrected chi connectivity index (χ4v) is 2.12. The molecular weight excluding hydrogens is 228 g/mol. The van der Waals surface area contributed by atoms with Crippen molar-refractivity contribution in [2.75, 3.05) is 23.8 Å². The van der Waals surface area contributed by atoms with Gasteiger partial charge in [0.25, 0.3) is 0 Å². The zero-order valence-electron chi connectivity index (χ0n) is 8.55. The second kappa shape index (κ2) is 3.64. The highest BCUT2D eigenvalue weighted by Crippen LogP contribution is 2.33. The first-order chi connectivity index (χ1) is 7.72. The first-order valence-corrected chi connectivity index (χ1v) is 5.57. The van der Waals surface area contributed by atoms with Gasteiger partial charge < -0.3 is 15.4 Å². The monoisotopic (exact) mass is 238 g/mol. The summed E-state index contributed by atoms with van der Waals surface area (Å²) in [6, 6.07) is 4.07. The fraction of sp³-hybridized carbons (Fsp3) is 0.364. The van der Waals surface area contributed by atoms with Crippen molar-refractivity contribution in [3.8, 4) is 0 Å². The number of carbonyl (C=O) groups excluding carboxylic acids is 1. The van der Waals surface area contributed by atoms with E-state index in [1.54, 1.807) is 6.07 Å². The molecule has 1 aromatic rings. The fourth-order valence-electron chi connectivity index (χ4n) is 1.90. The minimum absolute atomic E-state index is 0.0233. The number of carbonyl (C=O) groups is 1. The van der Waals surface area contributed by atoms with E-state index < -0.39 is 0 Å². The lowest BCUT2D eigenvalue weighted by Gasteiger charge is -2.28. The molecule has 2 aliphatic heterocycles. The van der Waals surface area contributed by atoms with Crippen LogP contribution in [0.3, 0.4) is 0 Å². The number of hydrogen-bond donors (Lipinski definition) is 2. The highest BCUT2D eigenvalue weighted by Gasteiger charge is 2.22. The minimum atomic E-state index is 0.0233. The van der Waals surface area contributed by atoms with Crippen molar-refractivity contribution < 1.29 is 9.53 Å². The van der Waals surface area contributed by atoms with Gasteiger partial charge in [-0.3, -0.25) is 4.79 Å². The van der Waals surface area contributed by atoms with Crippen LogP contribution in [0.2, 0.25) is 5.02 Å². The number of nitrogens with one attached hydrogen (secondary N) is 2. The van der Waals surface area contributed by atoms with E-state index in [4.69, 9.17) is 16.3 Å². The topological polar surface area (TPSA) is 50.4 Å². The zero-order valence-corrected chi connectivity index (χ0v) is 9.30. The molecule has 0 bridgehead atoms. The Morgan fingerprint density at radius 2 is 2.25 bits per heavy atom. The maximum atomic E-state index is 11.2. The van der Waals surface area contributed by atoms with Gasteiger partial charge in [0.2, 0.25) is 5.91 Å². The summed E-state index contributed by atoms with van der Waals surface area (Å²) < 4.78 is 5.08. The summed E-state index contributed by atoms with van der Waals surface area (Å²) >= 11 is 6.13. The summed E-state index contributed by atoms with van der Waals surface area (Å²) in [6.45, 7) is 1.43. The quantitative estimate of drug-likeness (QED) is 0.824. The average molecular weight is 239 g/mol. The summed E-state index contributed by atoms with van der Waals surface area (Å²) in [5, 5.41) is 6.70. The van der Waals surface area contributed by atoms with Gasteiger partial charge in [0, 0.05) is 5.69 Å². The molecule has 1 saturated heterocycles. The van der Waals surface area contributed by atoms with Crippen LogP contribution in [0, 0.1) is 0 Å². The van der Waals surface area contributed by atoms with E-state index in [0.717, 1.165) is 16.9 Å². The van der Waals surface area contributed by atoms with Crippen molar-refractivity contribution in [1.29, 1.82) is 0 Å². The molecule has 0 unspecified atom stereocenters. The van der Waals surface area contributed by atoms with Crippen LogP contribution in [0.4, 0.5) is 11.4 Å². The van der Waals surface area contributed by atoms with Gasteiger partial charge in [-0.25, -0.2) is 0 Å². The highest BCUT2D eigenvalue weighted by atomic mass is 35.5. The van der Waals surface area contributed by atoms with Gasteiger partial charge in [-0.1, -0.05) is 11.6 Å². The number of rotatable bonds is 2. The molecular formula is C11H11ClN2O2. The Bertz CT molecular complexity index is 458. The lowest BCUT2D eigenvalue weighted by molar-refractivity contribution is -0.115. The molecule has 0 saturated carbocycles. The second-order valence-corrected chi connectivity index (χ2v) is 4.50. The molecule has 2 aliphatic rings. The second-order valence-electron chi connectivity index (χ2n) is 4.09. The molecule has 1 aromatic carbocycles. The van der Waals surface area contributed by atoms with E-state index in [2.05, 4.69) is 10.6 Å². The number of hydrogen-bond acceptors (Lipinski definition) is 3. The van der Waals surface area contributed by atoms with Gasteiger partial charge in [-0.05, 0) is 17.7 Å². The summed E-state index contributed by atoms with van der Waals surface area (Å²) in [7, 11) is 0. The lowest BCUT2D eigenvalue weighted by Crippen LogP contribution is -2.40. The molecule has 0 spiro atoms. The molecule has 1 fully saturated rings. The predicted octanol–water partition coefficient (Wildman–Crippen LogP) is 1.65. The molecule has 0 aliphatic carbocycles. The Morgan fingerprint density at radius 3 is 2.94 bits per heavy atom. The number of halogens is 1. The smallest absolute Gasteiger partial charge is 0.228 e. The number of anilines is 2. The number of benzene rings is 1. The van der Waals surface area contributed by atoms with Crippen LogP contribution < -0.4 is 10.6 Å². The van der Waals surface area contributed by atoms with Crippen LogP contribution in [-0.2, 0) is 16.0 Å². The lowest BCUT2D eigenvalue weighted by atomic mass is 10.1. The minimum Gasteiger partial charge on any atom is -0.377 e. The van der Waals surface area contributed by atoms with Gasteiger partial charge in [0.15, 0.2) is 0 Å². The van der Waals surface area contributed by atoms with Crippen molar-refractivity contribution in [1.82, 2.24) is 0 Å². The molecule has 2 N–H and O–H groups in total. The third-order valence-electron chi connectivity index (χ3n) is 2.82. The van der Waals surface area contributed by atoms with E-state index in [0.29, 0.717) is 30.7 Å². The normalized spacial score (nSPS) is 18.9. The standard InChI is InChI=1S/C11H11ClN2O2/c12-8-3-9-6(2-11(15)14-9)1-10(8)13-7-4-16-5-7/h1,3,7,13H,2,4-5H2,(H,14,15). The van der Waals surface area contributed by atoms with Gasteiger partial charge >= 0.3 is 0 Å². The van der Waals surface area contributed by atoms with Crippen molar-refractivity contribution in [3.63, 3.8) is 0 Å². The number of ether oxygens (including phenoxy) is 1. The van der Waals surface area contributed by atoms with Crippen LogP contribution in [0.5, 0.6) is 0 Å². The Balaban J connectivity index is 1.88. The van der Waals surface area contributed by atoms with Gasteiger partial charge in [-0.15, -0.1) is 0 Å². The van der Waals surface area contributed by atoms with Crippen molar-refractivity contribution in [2.24, 2.45) is 0 Å². The maximum absolute atomic E-state index is 11.2. The van der Waals surface area contributed by atoms with E-state index in [1.807, 2.05) is 6.07 Å². The Hall–Kier alpha value is -1.26. The predicted molar refractivity (Wildman–Crippen MR) is 62.0 cm³/mol. The summed E-state index contributed by atoms with van der Waals surface area (Å²) in [4.78, 5) is 11.2. The number of amides is 1. The zero-order chi connectivity index (χ0) is 11.1. The number of fused-ring (bicyclic) bond motifs is 1. The third kappa shape index (κ3) is 1.64. The molecule has 4 nitrogen and oxygen atoms in total. The Labute approximate surface area is 97.9 Å². The molecule has 2 heterocycles. The van der Waals surface area contributed by atoms with E-state index in [1.165, 1.54) is 0 Å². The van der Waals surface area contributed by atoms with Crippen LogP contribution in [0.1, 0.15) is 5.56 Å². The maximum Gasteiger partial charge on any atom is 0.228 e. The summed E-state index contributed by atoms with van der Waals surface area (Å²) in [5.41, 5.74) is 2.70. The molecule has 16 heavy (non-hydrogen) atoms. The van der Waals surface area contributed by atoms with E-state index in [-0.39, 0.29) is 5.91 Å². The van der Waals surface area contributed by atoms with Gasteiger partial charge in [-0.2, -0.15) is 0 Å². The first kappa shape index (κ1) is 9.93. The molecule has 0 radical (unpaired) electrons. The van der Waals surface area contributed by atoms with Gasteiger partial charge in [0.05, 0.1) is 36.4 Å². The third-order valence-corrected chi connectivity index (χ3v) is 3.13. The molecule has 0 atom stereocenters. The highest BCUT2D eigenvalue weighted by molar-refractivity contribution is 6.33. The van der Waals surface area contributed by atoms with E-state index in [9.17, 15) is 4.79 Å². The van der Waals surface area contributed by atoms with E-state index >= 15 is 0 Å². The largest absolute Gasteiger partial charge is 0.377 e. The summed E-state index contributed by atoms with van der Waals surface area (Å²) in [5.74, 6) is 0.0233. The van der Waals surface area contributed by atoms with Crippen molar-refractivity contribution >= 4 is 28.9 Å². The van der Waals surface area contributed by atoms with Crippen LogP contribution in [0.15, 0.2) is 12.1 Å². The molecule has 84 valence electrons. The van der Waals surface area contributed by atoms with Crippen molar-refractivity contribution in [2.45, 2.75) is 12.5 Å². The summed E-state index contributed by atoms with van der Waals surface area (Å²) in [6.07, 6.45) is 0.433. The Morgan fingerprint density at radius 1 is 1.44 bits per heavy atom. The van der Waals surface area contributed by atoms with Gasteiger partial charge in [0.1, 0.15) is 0 Å². The van der Waals surface area contributed by atoms with Crippen LogP contribution in [0.25, 0.3) is 0 Å². The van der Waals surface area contributed by atoms with Crippen molar-refractivity contribution in [3.05, 3.63) is 22.7 Å². The first-order valence-electron chi connectivity index (χ1n) is 5.19. The van der Waals surface area contributed by atoms with Crippen LogP contribution >= 0.6 is 11.6 Å². The molecule has 1 amide bonds. The Kier molecular flexibility index (Phi) is 2.26. The molecule has 3 rings (SSSR count). The molecule has 5 heteroatoms.